The highest BCUT2D eigenvalue weighted by Gasteiger charge is 2.10. The van der Waals surface area contributed by atoms with Crippen molar-refractivity contribution in [2.45, 2.75) is 26.2 Å². The third-order valence-electron chi connectivity index (χ3n) is 3.04. The van der Waals surface area contributed by atoms with Crippen LogP contribution in [0.2, 0.25) is 5.02 Å². The highest BCUT2D eigenvalue weighted by Crippen LogP contribution is 2.14. The molecular formula is C16H24ClN3O2. The number of rotatable bonds is 9. The molecule has 0 atom stereocenters. The van der Waals surface area contributed by atoms with Crippen molar-refractivity contribution >= 4 is 29.1 Å². The van der Waals surface area contributed by atoms with Gasteiger partial charge in [0, 0.05) is 17.3 Å². The van der Waals surface area contributed by atoms with Crippen LogP contribution in [0.4, 0.5) is 5.69 Å². The number of anilines is 1. The van der Waals surface area contributed by atoms with Gasteiger partial charge in [-0.3, -0.25) is 14.5 Å². The quantitative estimate of drug-likeness (QED) is 0.686. The second-order valence-corrected chi connectivity index (χ2v) is 5.72. The maximum Gasteiger partial charge on any atom is 0.238 e. The number of hydrogen-bond donors (Lipinski definition) is 2. The molecule has 0 fully saturated rings. The Morgan fingerprint density at radius 2 is 1.91 bits per heavy atom. The molecule has 0 saturated carbocycles. The molecule has 0 bridgehead atoms. The number of benzene rings is 1. The van der Waals surface area contributed by atoms with E-state index < -0.39 is 0 Å². The Morgan fingerprint density at radius 3 is 2.59 bits per heavy atom. The first-order valence-electron chi connectivity index (χ1n) is 7.52. The van der Waals surface area contributed by atoms with Crippen LogP contribution in [-0.4, -0.2) is 43.4 Å². The van der Waals surface area contributed by atoms with E-state index in [1.54, 1.807) is 36.2 Å². The first-order chi connectivity index (χ1) is 10.5. The molecule has 1 aromatic rings. The van der Waals surface area contributed by atoms with E-state index in [4.69, 9.17) is 11.6 Å². The zero-order valence-electron chi connectivity index (χ0n) is 13.2. The molecule has 2 N–H and O–H groups in total. The molecule has 5 nitrogen and oxygen atoms in total. The Kier molecular flexibility index (Phi) is 8.55. The van der Waals surface area contributed by atoms with Gasteiger partial charge in [-0.05, 0) is 31.7 Å². The Labute approximate surface area is 137 Å². The Hall–Kier alpha value is -1.59. The van der Waals surface area contributed by atoms with E-state index in [-0.39, 0.29) is 24.9 Å². The van der Waals surface area contributed by atoms with Crippen LogP contribution < -0.4 is 10.6 Å². The van der Waals surface area contributed by atoms with Gasteiger partial charge >= 0.3 is 0 Å². The molecule has 0 heterocycles. The number of carbonyl (C=O) groups is 2. The summed E-state index contributed by atoms with van der Waals surface area (Å²) in [6.07, 6.45) is 3.22. The third-order valence-corrected chi connectivity index (χ3v) is 3.27. The second kappa shape index (κ2) is 10.2. The molecule has 0 saturated heterocycles. The fourth-order valence-electron chi connectivity index (χ4n) is 1.97. The Morgan fingerprint density at radius 1 is 1.18 bits per heavy atom. The predicted octanol–water partition coefficient (Wildman–Crippen LogP) is 2.52. The first kappa shape index (κ1) is 18.5. The lowest BCUT2D eigenvalue weighted by Gasteiger charge is -2.16. The summed E-state index contributed by atoms with van der Waals surface area (Å²) in [6.45, 7) is 3.16. The third kappa shape index (κ3) is 8.00. The molecule has 0 aliphatic rings. The van der Waals surface area contributed by atoms with Gasteiger partial charge in [0.1, 0.15) is 0 Å². The van der Waals surface area contributed by atoms with Crippen molar-refractivity contribution in [3.8, 4) is 0 Å². The van der Waals surface area contributed by atoms with E-state index in [1.807, 2.05) is 0 Å². The van der Waals surface area contributed by atoms with E-state index in [9.17, 15) is 9.59 Å². The summed E-state index contributed by atoms with van der Waals surface area (Å²) in [7, 11) is 1.74. The number of carbonyl (C=O) groups excluding carboxylic acids is 2. The topological polar surface area (TPSA) is 61.4 Å². The van der Waals surface area contributed by atoms with Gasteiger partial charge in [0.25, 0.3) is 0 Å². The van der Waals surface area contributed by atoms with Crippen molar-refractivity contribution in [3.63, 3.8) is 0 Å². The normalized spacial score (nSPS) is 10.5. The standard InChI is InChI=1S/C16H24ClN3O2/c1-3-4-5-9-18-15(21)11-20(2)12-16(22)19-14-8-6-7-13(17)10-14/h6-8,10H,3-5,9,11-12H2,1-2H3,(H,18,21)(H,19,22). The first-order valence-corrected chi connectivity index (χ1v) is 7.89. The van der Waals surface area contributed by atoms with Crippen molar-refractivity contribution in [3.05, 3.63) is 29.3 Å². The minimum Gasteiger partial charge on any atom is -0.355 e. The molecular weight excluding hydrogens is 302 g/mol. The lowest BCUT2D eigenvalue weighted by Crippen LogP contribution is -2.39. The smallest absolute Gasteiger partial charge is 0.238 e. The average molecular weight is 326 g/mol. The van der Waals surface area contributed by atoms with E-state index in [0.29, 0.717) is 17.3 Å². The second-order valence-electron chi connectivity index (χ2n) is 5.29. The van der Waals surface area contributed by atoms with E-state index in [2.05, 4.69) is 17.6 Å². The molecule has 0 aromatic heterocycles. The van der Waals surface area contributed by atoms with Gasteiger partial charge in [0.15, 0.2) is 0 Å². The summed E-state index contributed by atoms with van der Waals surface area (Å²) in [4.78, 5) is 25.3. The van der Waals surface area contributed by atoms with Gasteiger partial charge in [-0.2, -0.15) is 0 Å². The molecule has 0 spiro atoms. The average Bonchev–Trinajstić information content (AvgIpc) is 2.43. The summed E-state index contributed by atoms with van der Waals surface area (Å²) >= 11 is 5.86. The van der Waals surface area contributed by atoms with Crippen LogP contribution in [0.15, 0.2) is 24.3 Å². The minimum atomic E-state index is -0.177. The summed E-state index contributed by atoms with van der Waals surface area (Å²) in [5.41, 5.74) is 0.648. The van der Waals surface area contributed by atoms with Crippen LogP contribution in [-0.2, 0) is 9.59 Å². The summed E-state index contributed by atoms with van der Waals surface area (Å²) in [5, 5.41) is 6.17. The highest BCUT2D eigenvalue weighted by molar-refractivity contribution is 6.30. The number of amides is 2. The molecule has 22 heavy (non-hydrogen) atoms. The SMILES string of the molecule is CCCCCNC(=O)CN(C)CC(=O)Nc1cccc(Cl)c1. The minimum absolute atomic E-state index is 0.0610. The number of hydrogen-bond acceptors (Lipinski definition) is 3. The van der Waals surface area contributed by atoms with Gasteiger partial charge in [0.2, 0.25) is 11.8 Å². The van der Waals surface area contributed by atoms with Crippen molar-refractivity contribution in [2.24, 2.45) is 0 Å². The van der Waals surface area contributed by atoms with Crippen LogP contribution in [0, 0.1) is 0 Å². The van der Waals surface area contributed by atoms with Gasteiger partial charge < -0.3 is 10.6 Å². The summed E-state index contributed by atoms with van der Waals surface area (Å²) in [5.74, 6) is -0.238. The molecule has 0 unspecified atom stereocenters. The lowest BCUT2D eigenvalue weighted by molar-refractivity contribution is -0.122. The van der Waals surface area contributed by atoms with Gasteiger partial charge in [0.05, 0.1) is 13.1 Å². The van der Waals surface area contributed by atoms with Crippen molar-refractivity contribution in [1.29, 1.82) is 0 Å². The van der Waals surface area contributed by atoms with Crippen LogP contribution in [0.3, 0.4) is 0 Å². The van der Waals surface area contributed by atoms with Crippen LogP contribution in [0.5, 0.6) is 0 Å². The Bertz CT molecular complexity index is 494. The van der Waals surface area contributed by atoms with E-state index >= 15 is 0 Å². The Balaban J connectivity index is 2.27. The van der Waals surface area contributed by atoms with Crippen LogP contribution in [0.25, 0.3) is 0 Å². The molecule has 0 aliphatic carbocycles. The van der Waals surface area contributed by atoms with Crippen molar-refractivity contribution in [1.82, 2.24) is 10.2 Å². The molecule has 0 aliphatic heterocycles. The van der Waals surface area contributed by atoms with Crippen LogP contribution >= 0.6 is 11.6 Å². The van der Waals surface area contributed by atoms with E-state index in [1.165, 1.54) is 0 Å². The predicted molar refractivity (Wildman–Crippen MR) is 90.1 cm³/mol. The van der Waals surface area contributed by atoms with E-state index in [0.717, 1.165) is 19.3 Å². The maximum absolute atomic E-state index is 11.9. The summed E-state index contributed by atoms with van der Waals surface area (Å²) in [6, 6.07) is 6.96. The molecule has 2 amide bonds. The number of unbranched alkanes of at least 4 members (excludes halogenated alkanes) is 2. The fourth-order valence-corrected chi connectivity index (χ4v) is 2.16. The summed E-state index contributed by atoms with van der Waals surface area (Å²) < 4.78 is 0. The largest absolute Gasteiger partial charge is 0.355 e. The zero-order chi connectivity index (χ0) is 16.4. The highest BCUT2D eigenvalue weighted by atomic mass is 35.5. The lowest BCUT2D eigenvalue weighted by atomic mass is 10.2. The van der Waals surface area contributed by atoms with Crippen LogP contribution in [0.1, 0.15) is 26.2 Å². The van der Waals surface area contributed by atoms with Gasteiger partial charge in [-0.1, -0.05) is 37.4 Å². The number of likely N-dealkylation sites (N-methyl/N-ethyl adjacent to an activating group) is 1. The molecule has 122 valence electrons. The van der Waals surface area contributed by atoms with Gasteiger partial charge in [-0.15, -0.1) is 0 Å². The molecule has 1 rings (SSSR count). The number of nitrogens with one attached hydrogen (secondary N) is 2. The fraction of sp³-hybridized carbons (Fsp3) is 0.500. The number of halogens is 1. The molecule has 6 heteroatoms. The molecule has 0 radical (unpaired) electrons. The van der Waals surface area contributed by atoms with Gasteiger partial charge in [-0.25, -0.2) is 0 Å². The monoisotopic (exact) mass is 325 g/mol. The molecule has 1 aromatic carbocycles. The van der Waals surface area contributed by atoms with Crippen molar-refractivity contribution < 1.29 is 9.59 Å². The number of nitrogens with zero attached hydrogens (tertiary/aromatic N) is 1. The maximum atomic E-state index is 11.9. The van der Waals surface area contributed by atoms with Crippen molar-refractivity contribution in [2.75, 3.05) is 32.0 Å². The zero-order valence-corrected chi connectivity index (χ0v) is 13.9.